The molecule has 15 heavy (non-hydrogen) atoms. The zero-order valence-corrected chi connectivity index (χ0v) is 6.71. The molecule has 0 saturated carbocycles. The van der Waals surface area contributed by atoms with Crippen LogP contribution in [0, 0.1) is 0 Å². The zero-order chi connectivity index (χ0) is 12.4. The van der Waals surface area contributed by atoms with E-state index in [1.54, 1.807) is 0 Å². The van der Waals surface area contributed by atoms with Crippen LogP contribution in [-0.4, -0.2) is 29.6 Å². The molecule has 9 heteroatoms. The number of carbonyl (C=O) groups is 1. The highest BCUT2D eigenvalue weighted by molar-refractivity contribution is 5.84. The highest BCUT2D eigenvalue weighted by Gasteiger charge is 2.61. The molecule has 1 N–H and O–H groups in total. The van der Waals surface area contributed by atoms with Crippen molar-refractivity contribution in [2.75, 3.05) is 6.67 Å². The largest absolute Gasteiger partial charge is 0.476 e. The zero-order valence-electron chi connectivity index (χ0n) is 6.71. The number of hydrogen-bond acceptors (Lipinski definition) is 1. The van der Waals surface area contributed by atoms with Crippen molar-refractivity contribution in [1.29, 1.82) is 0 Å². The molecule has 0 aliphatic heterocycles. The second-order valence-electron chi connectivity index (χ2n) is 2.35. The Morgan fingerprint density at radius 1 is 1.13 bits per heavy atom. The molecule has 0 radical (unpaired) electrons. The number of allylic oxidation sites excluding steroid dienone is 1. The predicted octanol–water partition coefficient (Wildman–Crippen LogP) is 2.46. The van der Waals surface area contributed by atoms with E-state index in [9.17, 15) is 35.5 Å². The molecule has 0 unspecified atom stereocenters. The molecule has 0 aliphatic rings. The quantitative estimate of drug-likeness (QED) is 0.605. The van der Waals surface area contributed by atoms with E-state index in [1.165, 1.54) is 0 Å². The molecule has 2 nitrogen and oxygen atoms in total. The van der Waals surface area contributed by atoms with Crippen LogP contribution in [0.3, 0.4) is 0 Å². The molecule has 0 aromatic heterocycles. The van der Waals surface area contributed by atoms with Crippen LogP contribution in [0.15, 0.2) is 11.7 Å². The van der Waals surface area contributed by atoms with Gasteiger partial charge in [0.05, 0.1) is 0 Å². The normalized spacial score (nSPS) is 14.9. The summed E-state index contributed by atoms with van der Waals surface area (Å²) in [6.07, 6.45) is 0. The number of carboxylic acids is 1. The maximum atomic E-state index is 12.3. The molecule has 0 fully saturated rings. The summed E-state index contributed by atoms with van der Waals surface area (Å²) in [5, 5.41) is 7.71. The summed E-state index contributed by atoms with van der Waals surface area (Å²) in [5.74, 6) is -20.7. The fourth-order valence-corrected chi connectivity index (χ4v) is 0.476. The first-order valence-corrected chi connectivity index (χ1v) is 3.18. The van der Waals surface area contributed by atoms with Gasteiger partial charge in [-0.3, -0.25) is 0 Å². The van der Waals surface area contributed by atoms with Gasteiger partial charge in [0, 0.05) is 0 Å². The molecule has 88 valence electrons. The van der Waals surface area contributed by atoms with Gasteiger partial charge in [0.25, 0.3) is 0 Å². The molecule has 0 rings (SSSR count). The van der Waals surface area contributed by atoms with Crippen molar-refractivity contribution in [2.24, 2.45) is 0 Å². The average molecular weight is 240 g/mol. The van der Waals surface area contributed by atoms with Gasteiger partial charge in [-0.1, -0.05) is 0 Å². The first kappa shape index (κ1) is 13.7. The molecule has 0 spiro atoms. The maximum absolute atomic E-state index is 12.3. The molecule has 0 bridgehead atoms. The third-order valence-electron chi connectivity index (χ3n) is 1.28. The Kier molecular flexibility index (Phi) is 3.72. The van der Waals surface area contributed by atoms with Crippen LogP contribution < -0.4 is 0 Å². The molecule has 0 aliphatic carbocycles. The number of hydrogen-bond donors (Lipinski definition) is 1. The van der Waals surface area contributed by atoms with Gasteiger partial charge in [-0.05, 0) is 0 Å². The lowest BCUT2D eigenvalue weighted by atomic mass is 10.1. The lowest BCUT2D eigenvalue weighted by Crippen LogP contribution is -2.43. The van der Waals surface area contributed by atoms with Crippen LogP contribution in [0.1, 0.15) is 0 Å². The van der Waals surface area contributed by atoms with Crippen molar-refractivity contribution in [2.45, 2.75) is 11.8 Å². The second-order valence-corrected chi connectivity index (χ2v) is 2.35. The van der Waals surface area contributed by atoms with Gasteiger partial charge < -0.3 is 5.11 Å². The molecule has 0 atom stereocenters. The minimum Gasteiger partial charge on any atom is -0.476 e. The number of carboxylic acid groups (broad SMARTS) is 1. The number of aliphatic carboxylic acids is 1. The highest BCUT2D eigenvalue weighted by Crippen LogP contribution is 2.42. The average Bonchev–Trinajstić information content (AvgIpc) is 2.14. The minimum atomic E-state index is -5.84. The lowest BCUT2D eigenvalue weighted by molar-refractivity contribution is -0.203. The van der Waals surface area contributed by atoms with Gasteiger partial charge in [0.1, 0.15) is 0 Å². The standard InChI is InChI=1S/C6H3F7O2/c7-1-5(10,11)6(12,13)3(9)2(8)4(14)15/h1H2,(H,14,15). The van der Waals surface area contributed by atoms with Crippen molar-refractivity contribution in [1.82, 2.24) is 0 Å². The van der Waals surface area contributed by atoms with E-state index in [-0.39, 0.29) is 0 Å². The molecule has 0 heterocycles. The summed E-state index contributed by atoms with van der Waals surface area (Å²) < 4.78 is 84.3. The van der Waals surface area contributed by atoms with Crippen molar-refractivity contribution < 1.29 is 40.6 Å². The van der Waals surface area contributed by atoms with Crippen LogP contribution in [0.4, 0.5) is 30.7 Å². The SMILES string of the molecule is O=C(O)C(F)=C(F)C(F)(F)C(F)(F)CF. The van der Waals surface area contributed by atoms with Crippen LogP contribution in [0.2, 0.25) is 0 Å². The van der Waals surface area contributed by atoms with Crippen LogP contribution in [-0.2, 0) is 4.79 Å². The third kappa shape index (κ3) is 2.39. The first-order valence-electron chi connectivity index (χ1n) is 3.18. The van der Waals surface area contributed by atoms with E-state index in [4.69, 9.17) is 5.11 Å². The molecular formula is C6H3F7O2. The second kappa shape index (κ2) is 4.07. The number of rotatable bonds is 4. The summed E-state index contributed by atoms with van der Waals surface area (Å²) >= 11 is 0. The fraction of sp³-hybridized carbons (Fsp3) is 0.500. The molecule has 0 aromatic rings. The molecular weight excluding hydrogens is 237 g/mol. The Labute approximate surface area is 78.0 Å². The predicted molar refractivity (Wildman–Crippen MR) is 32.7 cm³/mol. The van der Waals surface area contributed by atoms with E-state index in [0.717, 1.165) is 0 Å². The van der Waals surface area contributed by atoms with Crippen molar-refractivity contribution in [3.8, 4) is 0 Å². The topological polar surface area (TPSA) is 37.3 Å². The minimum absolute atomic E-state index is 2.79. The third-order valence-corrected chi connectivity index (χ3v) is 1.28. The van der Waals surface area contributed by atoms with Gasteiger partial charge in [0.15, 0.2) is 6.67 Å². The smallest absolute Gasteiger partial charge is 0.367 e. The Morgan fingerprint density at radius 2 is 1.53 bits per heavy atom. The number of halogens is 7. The fourth-order valence-electron chi connectivity index (χ4n) is 0.476. The molecule has 0 aromatic carbocycles. The number of alkyl halides is 5. The van der Waals surface area contributed by atoms with Crippen molar-refractivity contribution in [3.05, 3.63) is 11.7 Å². The summed E-state index contributed by atoms with van der Waals surface area (Å²) in [4.78, 5) is 9.66. The highest BCUT2D eigenvalue weighted by atomic mass is 19.3. The van der Waals surface area contributed by atoms with Crippen LogP contribution in [0.25, 0.3) is 0 Å². The Balaban J connectivity index is 5.40. The van der Waals surface area contributed by atoms with E-state index in [1.807, 2.05) is 0 Å². The van der Waals surface area contributed by atoms with Gasteiger partial charge in [-0.2, -0.15) is 22.0 Å². The summed E-state index contributed by atoms with van der Waals surface area (Å²) in [7, 11) is 0. The van der Waals surface area contributed by atoms with Crippen molar-refractivity contribution in [3.63, 3.8) is 0 Å². The van der Waals surface area contributed by atoms with Crippen LogP contribution >= 0.6 is 0 Å². The Morgan fingerprint density at radius 3 is 1.80 bits per heavy atom. The Bertz CT molecular complexity index is 296. The van der Waals surface area contributed by atoms with E-state index >= 15 is 0 Å². The molecule has 0 amide bonds. The molecule has 0 saturated heterocycles. The van der Waals surface area contributed by atoms with Crippen LogP contribution in [0.5, 0.6) is 0 Å². The van der Waals surface area contributed by atoms with Gasteiger partial charge in [0.2, 0.25) is 11.7 Å². The summed E-state index contributed by atoms with van der Waals surface area (Å²) in [6.45, 7) is -2.96. The maximum Gasteiger partial charge on any atom is 0.367 e. The van der Waals surface area contributed by atoms with E-state index in [2.05, 4.69) is 0 Å². The van der Waals surface area contributed by atoms with Gasteiger partial charge in [-0.25, -0.2) is 13.6 Å². The summed E-state index contributed by atoms with van der Waals surface area (Å²) in [5.41, 5.74) is 0. The van der Waals surface area contributed by atoms with Crippen molar-refractivity contribution >= 4 is 5.97 Å². The van der Waals surface area contributed by atoms with E-state index in [0.29, 0.717) is 0 Å². The van der Waals surface area contributed by atoms with E-state index < -0.39 is 36.1 Å². The summed E-state index contributed by atoms with van der Waals surface area (Å²) in [6, 6.07) is 0. The monoisotopic (exact) mass is 240 g/mol. The first-order chi connectivity index (χ1) is 6.58. The lowest BCUT2D eigenvalue weighted by Gasteiger charge is -2.22. The van der Waals surface area contributed by atoms with Gasteiger partial charge >= 0.3 is 17.8 Å². The van der Waals surface area contributed by atoms with Gasteiger partial charge in [-0.15, -0.1) is 0 Å². The Hall–Kier alpha value is -1.28.